The minimum absolute atomic E-state index is 0.0181. The van der Waals surface area contributed by atoms with Gasteiger partial charge in [0.25, 0.3) is 0 Å². The number of carbonyl (C=O) groups excluding carboxylic acids is 2. The van der Waals surface area contributed by atoms with Crippen LogP contribution in [0.4, 0.5) is 5.95 Å². The van der Waals surface area contributed by atoms with E-state index in [4.69, 9.17) is 11.6 Å². The lowest BCUT2D eigenvalue weighted by molar-refractivity contribution is -0.115. The monoisotopic (exact) mass is 329 g/mol. The first-order valence-corrected chi connectivity index (χ1v) is 7.89. The van der Waals surface area contributed by atoms with Crippen molar-refractivity contribution in [1.29, 1.82) is 0 Å². The molecule has 0 fully saturated rings. The van der Waals surface area contributed by atoms with Crippen molar-refractivity contribution in [2.75, 3.05) is 5.32 Å². The van der Waals surface area contributed by atoms with Gasteiger partial charge in [-0.2, -0.15) is 0 Å². The van der Waals surface area contributed by atoms with Gasteiger partial charge >= 0.3 is 0 Å². The minimum Gasteiger partial charge on any atom is -0.295 e. The Bertz CT molecular complexity index is 776. The molecule has 0 bridgehead atoms. The van der Waals surface area contributed by atoms with Crippen molar-refractivity contribution in [3.05, 3.63) is 52.3 Å². The van der Waals surface area contributed by atoms with Crippen LogP contribution in [0, 0.1) is 0 Å². The van der Waals surface area contributed by atoms with Crippen LogP contribution >= 0.6 is 11.6 Å². The molecule has 1 aliphatic rings. The number of rotatable bonds is 3. The molecule has 1 aromatic heterocycles. The fraction of sp³-hybridized carbons (Fsp3) is 0.294. The lowest BCUT2D eigenvalue weighted by atomic mass is 9.82. The fourth-order valence-corrected chi connectivity index (χ4v) is 2.91. The Morgan fingerprint density at radius 3 is 2.96 bits per heavy atom. The van der Waals surface area contributed by atoms with Gasteiger partial charge in [-0.15, -0.1) is 0 Å². The van der Waals surface area contributed by atoms with Crippen LogP contribution in [-0.4, -0.2) is 21.7 Å². The minimum atomic E-state index is -0.154. The molecule has 1 heterocycles. The Morgan fingerprint density at radius 1 is 1.39 bits per heavy atom. The topological polar surface area (TPSA) is 72.0 Å². The summed E-state index contributed by atoms with van der Waals surface area (Å²) in [5.74, 6) is 0.150. The highest BCUT2D eigenvalue weighted by atomic mass is 35.5. The maximum absolute atomic E-state index is 12.3. The summed E-state index contributed by atoms with van der Waals surface area (Å²) in [5, 5.41) is 3.28. The average molecular weight is 330 g/mol. The number of nitrogens with zero attached hydrogens (tertiary/aromatic N) is 2. The molecule has 1 aromatic carbocycles. The molecule has 5 nitrogen and oxygen atoms in total. The van der Waals surface area contributed by atoms with Gasteiger partial charge in [-0.05, 0) is 30.0 Å². The summed E-state index contributed by atoms with van der Waals surface area (Å²) in [7, 11) is 0. The molecule has 1 aliphatic carbocycles. The van der Waals surface area contributed by atoms with Crippen LogP contribution < -0.4 is 5.32 Å². The predicted molar refractivity (Wildman–Crippen MR) is 87.8 cm³/mol. The number of anilines is 1. The summed E-state index contributed by atoms with van der Waals surface area (Å²) in [6.07, 6.45) is 2.89. The van der Waals surface area contributed by atoms with Gasteiger partial charge in [-0.1, -0.05) is 30.7 Å². The normalized spacial score (nSPS) is 16.8. The van der Waals surface area contributed by atoms with E-state index in [1.54, 1.807) is 6.92 Å². The fourth-order valence-electron chi connectivity index (χ4n) is 2.71. The number of fused-ring (bicyclic) bond motifs is 1. The van der Waals surface area contributed by atoms with Crippen LogP contribution in [0.15, 0.2) is 30.5 Å². The van der Waals surface area contributed by atoms with E-state index in [2.05, 4.69) is 15.3 Å². The zero-order valence-electron chi connectivity index (χ0n) is 12.7. The third kappa shape index (κ3) is 3.40. The van der Waals surface area contributed by atoms with Gasteiger partial charge in [-0.25, -0.2) is 9.97 Å². The number of benzene rings is 1. The quantitative estimate of drug-likeness (QED) is 0.936. The molecule has 23 heavy (non-hydrogen) atoms. The van der Waals surface area contributed by atoms with Crippen molar-refractivity contribution in [2.45, 2.75) is 32.1 Å². The predicted octanol–water partition coefficient (Wildman–Crippen LogP) is 3.39. The second-order valence-corrected chi connectivity index (χ2v) is 5.98. The van der Waals surface area contributed by atoms with Crippen molar-refractivity contribution >= 4 is 29.2 Å². The number of hydrogen-bond acceptors (Lipinski definition) is 4. The molecule has 118 valence electrons. The molecule has 3 rings (SSSR count). The van der Waals surface area contributed by atoms with Gasteiger partial charge in [-0.3, -0.25) is 14.9 Å². The van der Waals surface area contributed by atoms with Crippen LogP contribution in [-0.2, 0) is 11.2 Å². The smallest absolute Gasteiger partial charge is 0.229 e. The maximum atomic E-state index is 12.3. The Morgan fingerprint density at radius 2 is 2.22 bits per heavy atom. The van der Waals surface area contributed by atoms with E-state index in [0.29, 0.717) is 35.5 Å². The lowest BCUT2D eigenvalue weighted by Crippen LogP contribution is -2.22. The Hall–Kier alpha value is -2.27. The van der Waals surface area contributed by atoms with Gasteiger partial charge in [0.15, 0.2) is 5.78 Å². The van der Waals surface area contributed by atoms with E-state index in [1.165, 1.54) is 6.20 Å². The molecule has 0 radical (unpaired) electrons. The molecule has 6 heteroatoms. The van der Waals surface area contributed by atoms with E-state index in [0.717, 1.165) is 5.56 Å². The second-order valence-electron chi connectivity index (χ2n) is 5.54. The highest BCUT2D eigenvalue weighted by Gasteiger charge is 2.28. The van der Waals surface area contributed by atoms with Crippen LogP contribution in [0.2, 0.25) is 5.02 Å². The van der Waals surface area contributed by atoms with E-state index in [-0.39, 0.29) is 23.6 Å². The molecule has 0 spiro atoms. The number of amides is 1. The van der Waals surface area contributed by atoms with Gasteiger partial charge in [0, 0.05) is 24.1 Å². The summed E-state index contributed by atoms with van der Waals surface area (Å²) in [6, 6.07) is 7.54. The number of hydrogen-bond donors (Lipinski definition) is 1. The van der Waals surface area contributed by atoms with E-state index >= 15 is 0 Å². The van der Waals surface area contributed by atoms with Crippen molar-refractivity contribution < 1.29 is 9.59 Å². The highest BCUT2D eigenvalue weighted by molar-refractivity contribution is 6.30. The Labute approximate surface area is 139 Å². The van der Waals surface area contributed by atoms with Gasteiger partial charge in [0.1, 0.15) is 0 Å². The third-order valence-corrected chi connectivity index (χ3v) is 4.17. The number of aromatic nitrogens is 2. The summed E-state index contributed by atoms with van der Waals surface area (Å²) in [4.78, 5) is 32.2. The van der Waals surface area contributed by atoms with Crippen molar-refractivity contribution in [2.24, 2.45) is 0 Å². The zero-order valence-corrected chi connectivity index (χ0v) is 13.4. The standard InChI is InChI=1S/C17H16ClN3O2/c1-2-16(23)21-17-19-9-13-14(20-17)7-11(8-15(13)22)10-4-3-5-12(18)6-10/h3-6,9,11H,2,7-8H2,1H3,(H,19,20,21,23). The van der Waals surface area contributed by atoms with Crippen molar-refractivity contribution in [3.63, 3.8) is 0 Å². The Kier molecular flexibility index (Phi) is 4.39. The molecular formula is C17H16ClN3O2. The van der Waals surface area contributed by atoms with Crippen molar-refractivity contribution in [3.8, 4) is 0 Å². The second kappa shape index (κ2) is 6.46. The van der Waals surface area contributed by atoms with E-state index < -0.39 is 0 Å². The number of ketones is 1. The summed E-state index contributed by atoms with van der Waals surface area (Å²) in [6.45, 7) is 1.76. The molecule has 0 saturated carbocycles. The van der Waals surface area contributed by atoms with Crippen LogP contribution in [0.1, 0.15) is 47.3 Å². The largest absolute Gasteiger partial charge is 0.295 e. The van der Waals surface area contributed by atoms with E-state index in [1.807, 2.05) is 24.3 Å². The van der Waals surface area contributed by atoms with Gasteiger partial charge < -0.3 is 0 Å². The summed E-state index contributed by atoms with van der Waals surface area (Å²) >= 11 is 6.04. The number of carbonyl (C=O) groups is 2. The first-order valence-electron chi connectivity index (χ1n) is 7.51. The van der Waals surface area contributed by atoms with E-state index in [9.17, 15) is 9.59 Å². The molecule has 1 N–H and O–H groups in total. The first kappa shape index (κ1) is 15.6. The van der Waals surface area contributed by atoms with Crippen LogP contribution in [0.5, 0.6) is 0 Å². The SMILES string of the molecule is CCC(=O)Nc1ncc2c(n1)CC(c1cccc(Cl)c1)CC2=O. The Balaban J connectivity index is 1.89. The zero-order chi connectivity index (χ0) is 16.4. The van der Waals surface area contributed by atoms with Gasteiger partial charge in [0.05, 0.1) is 11.3 Å². The molecule has 1 atom stereocenters. The molecule has 2 aromatic rings. The van der Waals surface area contributed by atoms with Crippen molar-refractivity contribution in [1.82, 2.24) is 9.97 Å². The summed E-state index contributed by atoms with van der Waals surface area (Å²) < 4.78 is 0. The lowest BCUT2D eigenvalue weighted by Gasteiger charge is -2.23. The molecular weight excluding hydrogens is 314 g/mol. The average Bonchev–Trinajstić information content (AvgIpc) is 2.54. The molecule has 1 amide bonds. The molecule has 0 aliphatic heterocycles. The highest BCUT2D eigenvalue weighted by Crippen LogP contribution is 2.32. The summed E-state index contributed by atoms with van der Waals surface area (Å²) in [5.41, 5.74) is 2.24. The molecule has 0 saturated heterocycles. The third-order valence-electron chi connectivity index (χ3n) is 3.93. The molecule has 1 unspecified atom stereocenters. The van der Waals surface area contributed by atoms with Crippen LogP contribution in [0.25, 0.3) is 0 Å². The number of halogens is 1. The number of Topliss-reactive ketones (excluding diaryl/α,β-unsaturated/α-hetero) is 1. The van der Waals surface area contributed by atoms with Gasteiger partial charge in [0.2, 0.25) is 11.9 Å². The first-order chi connectivity index (χ1) is 11.1. The number of nitrogens with one attached hydrogen (secondary N) is 1. The van der Waals surface area contributed by atoms with Crippen LogP contribution in [0.3, 0.4) is 0 Å². The maximum Gasteiger partial charge on any atom is 0.229 e.